The highest BCUT2D eigenvalue weighted by Gasteiger charge is 2.27. The van der Waals surface area contributed by atoms with Crippen molar-refractivity contribution in [3.05, 3.63) is 0 Å². The molecule has 1 rings (SSSR count). The van der Waals surface area contributed by atoms with Crippen LogP contribution in [0.25, 0.3) is 0 Å². The van der Waals surface area contributed by atoms with Gasteiger partial charge in [-0.25, -0.2) is 0 Å². The van der Waals surface area contributed by atoms with Crippen molar-refractivity contribution in [3.63, 3.8) is 0 Å². The molecule has 0 saturated carbocycles. The lowest BCUT2D eigenvalue weighted by molar-refractivity contribution is -0.133. The average Bonchev–Trinajstić information content (AvgIpc) is 2.44. The summed E-state index contributed by atoms with van der Waals surface area (Å²) in [6.07, 6.45) is 4.77. The van der Waals surface area contributed by atoms with Gasteiger partial charge in [0, 0.05) is 38.6 Å². The number of carbonyl (C=O) groups is 1. The summed E-state index contributed by atoms with van der Waals surface area (Å²) in [6.45, 7) is 11.8. The molecular weight excluding hydrogens is 262 g/mol. The minimum absolute atomic E-state index is 0.173. The van der Waals surface area contributed by atoms with Gasteiger partial charge in [-0.15, -0.1) is 0 Å². The zero-order chi connectivity index (χ0) is 16.0. The molecule has 1 saturated heterocycles. The third-order valence-electron chi connectivity index (χ3n) is 5.01. The lowest BCUT2D eigenvalue weighted by Crippen LogP contribution is -2.47. The summed E-state index contributed by atoms with van der Waals surface area (Å²) >= 11 is 0. The number of hydrogen-bond acceptors (Lipinski definition) is 3. The number of hydrogen-bond donors (Lipinski definition) is 1. The maximum Gasteiger partial charge on any atom is 0.222 e. The van der Waals surface area contributed by atoms with Gasteiger partial charge < -0.3 is 15.5 Å². The number of carbonyl (C=O) groups excluding carboxylic acids is 1. The minimum atomic E-state index is 0.173. The predicted molar refractivity (Wildman–Crippen MR) is 89.2 cm³/mol. The minimum Gasteiger partial charge on any atom is -0.343 e. The Bertz CT molecular complexity index is 320. The van der Waals surface area contributed by atoms with Gasteiger partial charge >= 0.3 is 0 Å². The van der Waals surface area contributed by atoms with Gasteiger partial charge in [-0.1, -0.05) is 13.8 Å². The Labute approximate surface area is 131 Å². The lowest BCUT2D eigenvalue weighted by atomic mass is 9.84. The number of amides is 1. The molecule has 124 valence electrons. The summed E-state index contributed by atoms with van der Waals surface area (Å²) in [5.41, 5.74) is 5.81. The number of rotatable bonds is 7. The first-order chi connectivity index (χ1) is 9.76. The Balaban J connectivity index is 2.38. The highest BCUT2D eigenvalue weighted by atomic mass is 16.2. The van der Waals surface area contributed by atoms with Gasteiger partial charge in [0.1, 0.15) is 0 Å². The van der Waals surface area contributed by atoms with Crippen molar-refractivity contribution in [2.24, 2.45) is 11.1 Å². The van der Waals surface area contributed by atoms with Crippen LogP contribution in [0.4, 0.5) is 0 Å². The highest BCUT2D eigenvalue weighted by Crippen LogP contribution is 2.27. The number of piperidine rings is 1. The van der Waals surface area contributed by atoms with Crippen molar-refractivity contribution in [1.29, 1.82) is 0 Å². The lowest BCUT2D eigenvalue weighted by Gasteiger charge is -2.38. The first-order valence-electron chi connectivity index (χ1n) is 8.46. The fraction of sp³-hybridized carbons (Fsp3) is 0.941. The normalized spacial score (nSPS) is 18.2. The Morgan fingerprint density at radius 2 is 1.86 bits per heavy atom. The molecule has 0 unspecified atom stereocenters. The summed E-state index contributed by atoms with van der Waals surface area (Å²) in [6, 6.07) is 1.04. The molecule has 1 heterocycles. The van der Waals surface area contributed by atoms with E-state index in [1.807, 2.05) is 11.9 Å². The molecule has 0 bridgehead atoms. The van der Waals surface area contributed by atoms with Crippen LogP contribution in [0.5, 0.6) is 0 Å². The third kappa shape index (κ3) is 5.95. The monoisotopic (exact) mass is 297 g/mol. The molecule has 2 N–H and O–H groups in total. The smallest absolute Gasteiger partial charge is 0.222 e. The molecule has 1 aliphatic rings. The Morgan fingerprint density at radius 3 is 2.33 bits per heavy atom. The molecular formula is C17H35N3O. The molecule has 0 aromatic heterocycles. The molecule has 0 aromatic rings. The van der Waals surface area contributed by atoms with Crippen LogP contribution in [0.15, 0.2) is 0 Å². The molecule has 21 heavy (non-hydrogen) atoms. The Kier molecular flexibility index (Phi) is 7.14. The van der Waals surface area contributed by atoms with E-state index in [1.54, 1.807) is 0 Å². The van der Waals surface area contributed by atoms with Gasteiger partial charge in [-0.3, -0.25) is 4.79 Å². The van der Waals surface area contributed by atoms with Gasteiger partial charge in [-0.05, 0) is 51.5 Å². The predicted octanol–water partition coefficient (Wildman–Crippen LogP) is 2.47. The highest BCUT2D eigenvalue weighted by molar-refractivity contribution is 5.76. The van der Waals surface area contributed by atoms with Crippen molar-refractivity contribution < 1.29 is 4.79 Å². The fourth-order valence-electron chi connectivity index (χ4n) is 3.13. The van der Waals surface area contributed by atoms with E-state index in [0.717, 1.165) is 38.8 Å². The van der Waals surface area contributed by atoms with E-state index in [1.165, 1.54) is 0 Å². The van der Waals surface area contributed by atoms with Crippen LogP contribution >= 0.6 is 0 Å². The second-order valence-corrected chi connectivity index (χ2v) is 7.57. The van der Waals surface area contributed by atoms with Crippen LogP contribution in [0.2, 0.25) is 0 Å². The first kappa shape index (κ1) is 18.4. The summed E-state index contributed by atoms with van der Waals surface area (Å²) < 4.78 is 0. The fourth-order valence-corrected chi connectivity index (χ4v) is 3.13. The van der Waals surface area contributed by atoms with Gasteiger partial charge in [-0.2, -0.15) is 0 Å². The largest absolute Gasteiger partial charge is 0.343 e. The molecule has 1 aliphatic heterocycles. The van der Waals surface area contributed by atoms with Crippen LogP contribution in [0, 0.1) is 5.41 Å². The van der Waals surface area contributed by atoms with Crippen LogP contribution in [-0.4, -0.2) is 54.5 Å². The molecule has 0 spiro atoms. The Hall–Kier alpha value is -0.610. The van der Waals surface area contributed by atoms with Gasteiger partial charge in [0.25, 0.3) is 0 Å². The summed E-state index contributed by atoms with van der Waals surface area (Å²) in [4.78, 5) is 16.9. The second kappa shape index (κ2) is 8.14. The molecule has 1 fully saturated rings. The molecule has 4 heteroatoms. The van der Waals surface area contributed by atoms with Crippen LogP contribution < -0.4 is 5.73 Å². The average molecular weight is 297 g/mol. The summed E-state index contributed by atoms with van der Waals surface area (Å²) in [7, 11) is 1.98. The van der Waals surface area contributed by atoms with Crippen LogP contribution in [-0.2, 0) is 4.79 Å². The molecule has 4 nitrogen and oxygen atoms in total. The Morgan fingerprint density at radius 1 is 1.29 bits per heavy atom. The topological polar surface area (TPSA) is 49.6 Å². The molecule has 0 radical (unpaired) electrons. The number of nitrogens with zero attached hydrogens (tertiary/aromatic N) is 2. The van der Waals surface area contributed by atoms with E-state index in [2.05, 4.69) is 32.6 Å². The van der Waals surface area contributed by atoms with Crippen molar-refractivity contribution in [2.45, 2.75) is 71.9 Å². The van der Waals surface area contributed by atoms with Crippen LogP contribution in [0.1, 0.15) is 59.8 Å². The van der Waals surface area contributed by atoms with E-state index >= 15 is 0 Å². The first-order valence-corrected chi connectivity index (χ1v) is 8.46. The number of likely N-dealkylation sites (tertiary alicyclic amines) is 1. The van der Waals surface area contributed by atoms with Gasteiger partial charge in [0.15, 0.2) is 0 Å². The zero-order valence-electron chi connectivity index (χ0n) is 14.7. The quantitative estimate of drug-likeness (QED) is 0.785. The van der Waals surface area contributed by atoms with E-state index in [9.17, 15) is 4.79 Å². The van der Waals surface area contributed by atoms with E-state index in [4.69, 9.17) is 5.73 Å². The van der Waals surface area contributed by atoms with Gasteiger partial charge in [0.2, 0.25) is 5.91 Å². The van der Waals surface area contributed by atoms with Crippen molar-refractivity contribution in [3.8, 4) is 0 Å². The summed E-state index contributed by atoms with van der Waals surface area (Å²) in [5.74, 6) is 0.295. The van der Waals surface area contributed by atoms with E-state index < -0.39 is 0 Å². The molecule has 0 aromatic carbocycles. The summed E-state index contributed by atoms with van der Waals surface area (Å²) in [5, 5.41) is 0. The molecule has 1 amide bonds. The number of nitrogens with two attached hydrogens (primary N) is 1. The van der Waals surface area contributed by atoms with Crippen molar-refractivity contribution in [1.82, 2.24) is 9.80 Å². The standard InChI is InChI=1S/C17H35N3O/c1-14(2)20-12-7-15(8-13-20)19(5)16(21)6-9-17(3,4)10-11-18/h14-15H,6-13,18H2,1-5H3. The zero-order valence-corrected chi connectivity index (χ0v) is 14.7. The SMILES string of the molecule is CC(C)N1CCC(N(C)C(=O)CCC(C)(C)CCN)CC1. The van der Waals surface area contributed by atoms with Gasteiger partial charge in [0.05, 0.1) is 0 Å². The molecule has 0 aliphatic carbocycles. The maximum atomic E-state index is 12.4. The second-order valence-electron chi connectivity index (χ2n) is 7.57. The van der Waals surface area contributed by atoms with E-state index in [-0.39, 0.29) is 5.41 Å². The third-order valence-corrected chi connectivity index (χ3v) is 5.01. The van der Waals surface area contributed by atoms with Crippen LogP contribution in [0.3, 0.4) is 0 Å². The molecule has 0 atom stereocenters. The van der Waals surface area contributed by atoms with Crippen molar-refractivity contribution in [2.75, 3.05) is 26.7 Å². The van der Waals surface area contributed by atoms with Crippen molar-refractivity contribution >= 4 is 5.91 Å². The van der Waals surface area contributed by atoms with E-state index in [0.29, 0.717) is 31.0 Å². The maximum absolute atomic E-state index is 12.4.